The summed E-state index contributed by atoms with van der Waals surface area (Å²) in [4.78, 5) is 8.06. The molecular weight excluding hydrogens is 166 g/mol. The van der Waals surface area contributed by atoms with Gasteiger partial charge in [-0.3, -0.25) is 0 Å². The first kappa shape index (κ1) is 7.72. The van der Waals surface area contributed by atoms with E-state index in [1.54, 1.807) is 23.1 Å². The van der Waals surface area contributed by atoms with E-state index in [-0.39, 0.29) is 0 Å². The van der Waals surface area contributed by atoms with Crippen LogP contribution in [0.15, 0.2) is 24.5 Å². The van der Waals surface area contributed by atoms with Gasteiger partial charge in [-0.15, -0.1) is 0 Å². The Balaban J connectivity index is 2.46. The number of nitrogen functional groups attached to an aromatic ring is 1. The molecule has 2 N–H and O–H groups in total. The zero-order chi connectivity index (χ0) is 9.26. The maximum Gasteiger partial charge on any atom is 0.252 e. The molecule has 0 radical (unpaired) electrons. The molecule has 5 heteroatoms. The maximum atomic E-state index is 5.51. The van der Waals surface area contributed by atoms with Gasteiger partial charge in [-0.2, -0.15) is 10.1 Å². The molecule has 0 bridgehead atoms. The lowest BCUT2D eigenvalue weighted by Crippen LogP contribution is -2.03. The van der Waals surface area contributed by atoms with Crippen LogP contribution in [0.2, 0.25) is 0 Å². The molecule has 0 atom stereocenters. The van der Waals surface area contributed by atoms with Crippen molar-refractivity contribution in [2.45, 2.75) is 6.92 Å². The van der Waals surface area contributed by atoms with Gasteiger partial charge >= 0.3 is 0 Å². The summed E-state index contributed by atoms with van der Waals surface area (Å²) in [5.74, 6) is 0.936. The zero-order valence-corrected chi connectivity index (χ0v) is 7.18. The Hall–Kier alpha value is -1.91. The van der Waals surface area contributed by atoms with Crippen LogP contribution in [-0.4, -0.2) is 19.7 Å². The summed E-state index contributed by atoms with van der Waals surface area (Å²) < 4.78 is 1.59. The van der Waals surface area contributed by atoms with E-state index in [9.17, 15) is 0 Å². The molecular formula is C8H9N5. The third kappa shape index (κ3) is 1.48. The normalized spacial score (nSPS) is 10.2. The predicted octanol–water partition coefficient (Wildman–Crippen LogP) is 0.553. The second-order valence-corrected chi connectivity index (χ2v) is 2.68. The molecule has 0 aliphatic heterocycles. The van der Waals surface area contributed by atoms with Gasteiger partial charge in [-0.1, -0.05) is 0 Å². The van der Waals surface area contributed by atoms with Crippen LogP contribution in [-0.2, 0) is 0 Å². The second kappa shape index (κ2) is 2.85. The van der Waals surface area contributed by atoms with Crippen molar-refractivity contribution in [3.63, 3.8) is 0 Å². The SMILES string of the molecule is Cc1ccn(-c2nccc(N)n2)n1. The lowest BCUT2D eigenvalue weighted by Gasteiger charge is -1.98. The Morgan fingerprint density at radius 2 is 2.23 bits per heavy atom. The Kier molecular flexibility index (Phi) is 1.70. The fourth-order valence-corrected chi connectivity index (χ4v) is 0.999. The minimum Gasteiger partial charge on any atom is -0.384 e. The van der Waals surface area contributed by atoms with Crippen molar-refractivity contribution in [2.75, 3.05) is 5.73 Å². The number of hydrogen-bond acceptors (Lipinski definition) is 4. The van der Waals surface area contributed by atoms with E-state index in [0.29, 0.717) is 11.8 Å². The smallest absolute Gasteiger partial charge is 0.252 e. The number of nitrogens with zero attached hydrogens (tertiary/aromatic N) is 4. The summed E-state index contributed by atoms with van der Waals surface area (Å²) in [6.07, 6.45) is 3.40. The molecule has 2 rings (SSSR count). The highest BCUT2D eigenvalue weighted by molar-refractivity contribution is 5.29. The molecule has 0 saturated heterocycles. The van der Waals surface area contributed by atoms with Gasteiger partial charge in [0.15, 0.2) is 0 Å². The first-order valence-electron chi connectivity index (χ1n) is 3.87. The van der Waals surface area contributed by atoms with E-state index in [1.807, 2.05) is 13.0 Å². The van der Waals surface area contributed by atoms with E-state index in [0.717, 1.165) is 5.69 Å². The van der Waals surface area contributed by atoms with Gasteiger partial charge < -0.3 is 5.73 Å². The number of nitrogens with two attached hydrogens (primary N) is 1. The molecule has 0 aromatic carbocycles. The summed E-state index contributed by atoms with van der Waals surface area (Å²) in [5, 5.41) is 4.16. The lowest BCUT2D eigenvalue weighted by atomic mass is 10.5. The Bertz CT molecular complexity index is 420. The highest BCUT2D eigenvalue weighted by atomic mass is 15.3. The fraction of sp³-hybridized carbons (Fsp3) is 0.125. The van der Waals surface area contributed by atoms with Gasteiger partial charge in [0, 0.05) is 12.4 Å². The summed E-state index contributed by atoms with van der Waals surface area (Å²) in [5.41, 5.74) is 6.43. The van der Waals surface area contributed by atoms with Crippen molar-refractivity contribution in [1.82, 2.24) is 19.7 Å². The second-order valence-electron chi connectivity index (χ2n) is 2.68. The summed E-state index contributed by atoms with van der Waals surface area (Å²) in [6, 6.07) is 3.52. The molecule has 5 nitrogen and oxygen atoms in total. The van der Waals surface area contributed by atoms with Gasteiger partial charge in [-0.25, -0.2) is 9.67 Å². The molecule has 0 spiro atoms. The van der Waals surface area contributed by atoms with Gasteiger partial charge in [0.05, 0.1) is 5.69 Å². The van der Waals surface area contributed by atoms with Gasteiger partial charge in [0.25, 0.3) is 5.95 Å². The van der Waals surface area contributed by atoms with Crippen LogP contribution in [0.3, 0.4) is 0 Å². The van der Waals surface area contributed by atoms with Crippen molar-refractivity contribution in [3.05, 3.63) is 30.2 Å². The number of aromatic nitrogens is 4. The Morgan fingerprint density at radius 3 is 2.85 bits per heavy atom. The zero-order valence-electron chi connectivity index (χ0n) is 7.18. The molecule has 0 aliphatic carbocycles. The molecule has 2 aromatic rings. The van der Waals surface area contributed by atoms with Gasteiger partial charge in [0.2, 0.25) is 0 Å². The van der Waals surface area contributed by atoms with Crippen molar-refractivity contribution < 1.29 is 0 Å². The first-order valence-corrected chi connectivity index (χ1v) is 3.87. The molecule has 2 heterocycles. The molecule has 13 heavy (non-hydrogen) atoms. The Morgan fingerprint density at radius 1 is 1.38 bits per heavy atom. The van der Waals surface area contributed by atoms with Crippen molar-refractivity contribution in [2.24, 2.45) is 0 Å². The number of rotatable bonds is 1. The first-order chi connectivity index (χ1) is 6.25. The summed E-state index contributed by atoms with van der Waals surface area (Å²) in [7, 11) is 0. The number of aryl methyl sites for hydroxylation is 1. The number of hydrogen-bond donors (Lipinski definition) is 1. The maximum absolute atomic E-state index is 5.51. The average molecular weight is 175 g/mol. The average Bonchev–Trinajstić information content (AvgIpc) is 2.52. The van der Waals surface area contributed by atoms with E-state index < -0.39 is 0 Å². The van der Waals surface area contributed by atoms with Crippen molar-refractivity contribution >= 4 is 5.82 Å². The third-order valence-corrected chi connectivity index (χ3v) is 1.59. The quantitative estimate of drug-likeness (QED) is 0.687. The molecule has 0 amide bonds. The van der Waals surface area contributed by atoms with Gasteiger partial charge in [-0.05, 0) is 19.1 Å². The van der Waals surface area contributed by atoms with Crippen LogP contribution < -0.4 is 5.73 Å². The standard InChI is InChI=1S/C8H9N5/c1-6-3-5-13(12-6)8-10-4-2-7(9)11-8/h2-5H,1H3,(H2,9,10,11). The van der Waals surface area contributed by atoms with Crippen molar-refractivity contribution in [1.29, 1.82) is 0 Å². The topological polar surface area (TPSA) is 69.6 Å². The van der Waals surface area contributed by atoms with Crippen LogP contribution in [0.25, 0.3) is 5.95 Å². The largest absolute Gasteiger partial charge is 0.384 e. The van der Waals surface area contributed by atoms with E-state index in [4.69, 9.17) is 5.73 Å². The monoisotopic (exact) mass is 175 g/mol. The molecule has 0 aliphatic rings. The van der Waals surface area contributed by atoms with Crippen LogP contribution >= 0.6 is 0 Å². The van der Waals surface area contributed by atoms with Crippen molar-refractivity contribution in [3.8, 4) is 5.95 Å². The third-order valence-electron chi connectivity index (χ3n) is 1.59. The summed E-state index contributed by atoms with van der Waals surface area (Å²) >= 11 is 0. The lowest BCUT2D eigenvalue weighted by molar-refractivity contribution is 0.799. The van der Waals surface area contributed by atoms with E-state index in [1.165, 1.54) is 0 Å². The Labute approximate surface area is 75.2 Å². The molecule has 0 fully saturated rings. The predicted molar refractivity (Wildman–Crippen MR) is 48.3 cm³/mol. The molecule has 0 saturated carbocycles. The minimum atomic E-state index is 0.443. The number of anilines is 1. The minimum absolute atomic E-state index is 0.443. The van der Waals surface area contributed by atoms with Gasteiger partial charge in [0.1, 0.15) is 5.82 Å². The van der Waals surface area contributed by atoms with Crippen LogP contribution in [0.1, 0.15) is 5.69 Å². The van der Waals surface area contributed by atoms with E-state index in [2.05, 4.69) is 15.1 Å². The molecule has 66 valence electrons. The van der Waals surface area contributed by atoms with Crippen LogP contribution in [0.4, 0.5) is 5.82 Å². The highest BCUT2D eigenvalue weighted by Crippen LogP contribution is 2.02. The highest BCUT2D eigenvalue weighted by Gasteiger charge is 2.00. The van der Waals surface area contributed by atoms with Crippen LogP contribution in [0.5, 0.6) is 0 Å². The molecule has 2 aromatic heterocycles. The summed E-state index contributed by atoms with van der Waals surface area (Å²) in [6.45, 7) is 1.91. The fourth-order valence-electron chi connectivity index (χ4n) is 0.999. The van der Waals surface area contributed by atoms with Crippen LogP contribution in [0, 0.1) is 6.92 Å². The van der Waals surface area contributed by atoms with E-state index >= 15 is 0 Å². The molecule has 0 unspecified atom stereocenters.